The SMILES string of the molecule is COc1cc2cn[c]([Sn]([CH3])([CH3])[CH3])cc2cc1OC. The third kappa shape index (κ3) is 2.55. The molecule has 0 aliphatic carbocycles. The predicted octanol–water partition coefficient (Wildman–Crippen LogP) is 2.80. The van der Waals surface area contributed by atoms with Crippen LogP contribution in [0.25, 0.3) is 10.8 Å². The number of aromatic nitrogens is 1. The van der Waals surface area contributed by atoms with Crippen LogP contribution in [0.1, 0.15) is 0 Å². The Hall–Kier alpha value is -0.971. The molecule has 1 heterocycles. The van der Waals surface area contributed by atoms with Crippen LogP contribution in [0.15, 0.2) is 24.4 Å². The summed E-state index contributed by atoms with van der Waals surface area (Å²) in [6.07, 6.45) is 1.94. The summed E-state index contributed by atoms with van der Waals surface area (Å²) in [4.78, 5) is 11.7. The molecule has 0 unspecified atom stereocenters. The first kappa shape index (κ1) is 13.5. The summed E-state index contributed by atoms with van der Waals surface area (Å²) >= 11 is -2.11. The first-order valence-corrected chi connectivity index (χ1v) is 16.0. The van der Waals surface area contributed by atoms with Crippen LogP contribution in [0.3, 0.4) is 0 Å². The summed E-state index contributed by atoms with van der Waals surface area (Å²) in [5.74, 6) is 1.52. The van der Waals surface area contributed by atoms with E-state index in [0.29, 0.717) is 0 Å². The molecule has 0 radical (unpaired) electrons. The van der Waals surface area contributed by atoms with Crippen molar-refractivity contribution >= 4 is 32.9 Å². The molecule has 0 bridgehead atoms. The molecule has 0 spiro atoms. The number of rotatable bonds is 3. The fraction of sp³-hybridized carbons (Fsp3) is 0.357. The summed E-state index contributed by atoms with van der Waals surface area (Å²) in [6.45, 7) is 0. The van der Waals surface area contributed by atoms with Crippen molar-refractivity contribution in [2.45, 2.75) is 14.8 Å². The molecule has 0 aliphatic rings. The van der Waals surface area contributed by atoms with Gasteiger partial charge < -0.3 is 0 Å². The third-order valence-electron chi connectivity index (χ3n) is 2.99. The van der Waals surface area contributed by atoms with E-state index in [2.05, 4.69) is 25.9 Å². The van der Waals surface area contributed by atoms with Gasteiger partial charge in [0.15, 0.2) is 0 Å². The van der Waals surface area contributed by atoms with E-state index in [9.17, 15) is 0 Å². The first-order chi connectivity index (χ1) is 8.45. The van der Waals surface area contributed by atoms with Crippen LogP contribution in [-0.2, 0) is 0 Å². The number of benzene rings is 1. The summed E-state index contributed by atoms with van der Waals surface area (Å²) in [5.41, 5.74) is 0. The fourth-order valence-electron chi connectivity index (χ4n) is 1.88. The summed E-state index contributed by atoms with van der Waals surface area (Å²) in [5, 5.41) is 2.26. The Morgan fingerprint density at radius 3 is 1.94 bits per heavy atom. The Labute approximate surface area is 112 Å². The summed E-state index contributed by atoms with van der Waals surface area (Å²) in [7, 11) is 3.31. The van der Waals surface area contributed by atoms with Crippen LogP contribution in [0.4, 0.5) is 0 Å². The molecule has 0 N–H and O–H groups in total. The van der Waals surface area contributed by atoms with Gasteiger partial charge in [0, 0.05) is 0 Å². The summed E-state index contributed by atoms with van der Waals surface area (Å²) in [6, 6.07) is 6.20. The predicted molar refractivity (Wildman–Crippen MR) is 77.8 cm³/mol. The van der Waals surface area contributed by atoms with Crippen molar-refractivity contribution in [3.05, 3.63) is 24.4 Å². The monoisotopic (exact) mass is 353 g/mol. The van der Waals surface area contributed by atoms with Crippen LogP contribution < -0.4 is 13.2 Å². The number of pyridine rings is 1. The number of ether oxygens (including phenoxy) is 2. The maximum absolute atomic E-state index is 5.34. The van der Waals surface area contributed by atoms with Gasteiger partial charge >= 0.3 is 112 Å². The standard InChI is InChI=1S/C11H10NO2.3CH3.Sn/c1-13-10-5-8-3-4-12-7-9(8)6-11(10)14-2;;;;/h3,5-7H,1-2H3;3*1H3;. The van der Waals surface area contributed by atoms with Crippen LogP contribution >= 0.6 is 0 Å². The minimum atomic E-state index is -2.11. The Balaban J connectivity index is 2.63. The topological polar surface area (TPSA) is 31.4 Å². The molecule has 96 valence electrons. The molecular weight excluding hydrogens is 333 g/mol. The van der Waals surface area contributed by atoms with Gasteiger partial charge in [0.1, 0.15) is 0 Å². The molecule has 0 fully saturated rings. The van der Waals surface area contributed by atoms with Crippen molar-refractivity contribution in [1.29, 1.82) is 0 Å². The number of hydrogen-bond donors (Lipinski definition) is 0. The van der Waals surface area contributed by atoms with Crippen molar-refractivity contribution < 1.29 is 9.47 Å². The van der Waals surface area contributed by atoms with Gasteiger partial charge in [-0.05, 0) is 0 Å². The molecule has 2 rings (SSSR count). The van der Waals surface area contributed by atoms with Crippen molar-refractivity contribution in [1.82, 2.24) is 4.98 Å². The number of methoxy groups -OCH3 is 2. The van der Waals surface area contributed by atoms with Crippen molar-refractivity contribution in [3.63, 3.8) is 0 Å². The van der Waals surface area contributed by atoms with E-state index in [0.717, 1.165) is 16.9 Å². The number of hydrogen-bond acceptors (Lipinski definition) is 3. The molecule has 3 nitrogen and oxygen atoms in total. The van der Waals surface area contributed by atoms with Crippen molar-refractivity contribution in [3.8, 4) is 11.5 Å². The van der Waals surface area contributed by atoms with Gasteiger partial charge in [0.25, 0.3) is 0 Å². The second-order valence-corrected chi connectivity index (χ2v) is 19.7. The van der Waals surface area contributed by atoms with E-state index in [1.165, 1.54) is 9.10 Å². The van der Waals surface area contributed by atoms with Gasteiger partial charge in [-0.2, -0.15) is 0 Å². The second kappa shape index (κ2) is 4.96. The van der Waals surface area contributed by atoms with Crippen LogP contribution in [0.5, 0.6) is 11.5 Å². The molecule has 0 saturated heterocycles. The molecule has 18 heavy (non-hydrogen) atoms. The number of fused-ring (bicyclic) bond motifs is 1. The summed E-state index contributed by atoms with van der Waals surface area (Å²) < 4.78 is 11.9. The molecule has 2 aromatic rings. The van der Waals surface area contributed by atoms with E-state index in [4.69, 9.17) is 9.47 Å². The van der Waals surface area contributed by atoms with E-state index in [1.807, 2.05) is 18.3 Å². The molecule has 1 aromatic carbocycles. The van der Waals surface area contributed by atoms with Gasteiger partial charge in [0.2, 0.25) is 0 Å². The Morgan fingerprint density at radius 2 is 1.44 bits per heavy atom. The van der Waals surface area contributed by atoms with Gasteiger partial charge in [0.05, 0.1) is 0 Å². The molecule has 0 saturated carbocycles. The normalized spacial score (nSPS) is 11.6. The van der Waals surface area contributed by atoms with Crippen LogP contribution in [0, 0.1) is 0 Å². The third-order valence-corrected chi connectivity index (χ3v) is 8.16. The quantitative estimate of drug-likeness (QED) is 0.797. The van der Waals surface area contributed by atoms with Gasteiger partial charge in [-0.1, -0.05) is 0 Å². The first-order valence-electron chi connectivity index (χ1n) is 5.98. The average Bonchev–Trinajstić information content (AvgIpc) is 2.35. The zero-order chi connectivity index (χ0) is 13.3. The van der Waals surface area contributed by atoms with E-state index in [-0.39, 0.29) is 0 Å². The van der Waals surface area contributed by atoms with Crippen molar-refractivity contribution in [2.75, 3.05) is 14.2 Å². The maximum atomic E-state index is 5.34. The van der Waals surface area contributed by atoms with Gasteiger partial charge in [-0.3, -0.25) is 0 Å². The van der Waals surface area contributed by atoms with Crippen LogP contribution in [-0.4, -0.2) is 37.6 Å². The fourth-order valence-corrected chi connectivity index (χ4v) is 4.85. The minimum absolute atomic E-state index is 0.749. The molecule has 0 amide bonds. The van der Waals surface area contributed by atoms with Gasteiger partial charge in [-0.25, -0.2) is 0 Å². The molecule has 1 aromatic heterocycles. The van der Waals surface area contributed by atoms with E-state index < -0.39 is 18.4 Å². The molecule has 0 aliphatic heterocycles. The van der Waals surface area contributed by atoms with Gasteiger partial charge in [-0.15, -0.1) is 0 Å². The average molecular weight is 352 g/mol. The zero-order valence-corrected chi connectivity index (χ0v) is 14.4. The van der Waals surface area contributed by atoms with E-state index >= 15 is 0 Å². The van der Waals surface area contributed by atoms with E-state index in [1.54, 1.807) is 14.2 Å². The Kier molecular flexibility index (Phi) is 3.71. The second-order valence-electron chi connectivity index (χ2n) is 5.37. The molecular formula is C14H19NO2Sn. The van der Waals surface area contributed by atoms with Crippen molar-refractivity contribution in [2.24, 2.45) is 0 Å². The Morgan fingerprint density at radius 1 is 0.889 bits per heavy atom. The zero-order valence-electron chi connectivity index (χ0n) is 11.6. The van der Waals surface area contributed by atoms with Crippen LogP contribution in [0.2, 0.25) is 14.8 Å². The Bertz CT molecular complexity index is 576. The molecule has 4 heteroatoms. The number of nitrogens with zero attached hydrogens (tertiary/aromatic N) is 1. The molecule has 0 atom stereocenters.